The van der Waals surface area contributed by atoms with Gasteiger partial charge in [0.2, 0.25) is 0 Å². The monoisotopic (exact) mass is 503 g/mol. The number of methoxy groups -OCH3 is 1. The first kappa shape index (κ1) is 26.3. The second-order valence-corrected chi connectivity index (χ2v) is 9.66. The van der Waals surface area contributed by atoms with Crippen LogP contribution in [0, 0.1) is 0 Å². The fourth-order valence-electron chi connectivity index (χ4n) is 4.70. The maximum Gasteiger partial charge on any atom is 0.251 e. The summed E-state index contributed by atoms with van der Waals surface area (Å²) >= 11 is 0. The number of hydrogen-bond donors (Lipinski definition) is 2. The highest BCUT2D eigenvalue weighted by atomic mass is 16.5. The van der Waals surface area contributed by atoms with E-state index in [9.17, 15) is 4.79 Å². The lowest BCUT2D eigenvalue weighted by Gasteiger charge is -2.35. The number of piperidine rings is 1. The molecule has 0 bridgehead atoms. The molecule has 196 valence electrons. The summed E-state index contributed by atoms with van der Waals surface area (Å²) in [6.07, 6.45) is 5.76. The molecule has 0 spiro atoms. The highest BCUT2D eigenvalue weighted by molar-refractivity contribution is 5.94. The fraction of sp³-hybridized carbons (Fsp3) is 0.429. The summed E-state index contributed by atoms with van der Waals surface area (Å²) in [5.74, 6) is 2.40. The molecule has 1 atom stereocenters. The number of amides is 1. The summed E-state index contributed by atoms with van der Waals surface area (Å²) in [6.45, 7) is 4.99. The predicted octanol–water partition coefficient (Wildman–Crippen LogP) is 3.65. The van der Waals surface area contributed by atoms with Crippen molar-refractivity contribution in [2.24, 2.45) is 0 Å². The third kappa shape index (κ3) is 6.35. The van der Waals surface area contributed by atoms with Crippen LogP contribution in [0.2, 0.25) is 0 Å². The largest absolute Gasteiger partial charge is 0.496 e. The van der Waals surface area contributed by atoms with Crippen LogP contribution in [0.25, 0.3) is 11.3 Å². The number of anilines is 2. The molecule has 1 aliphatic rings. The van der Waals surface area contributed by atoms with E-state index in [-0.39, 0.29) is 11.8 Å². The van der Waals surface area contributed by atoms with Crippen LogP contribution in [0.15, 0.2) is 48.9 Å². The minimum absolute atomic E-state index is 0.128. The summed E-state index contributed by atoms with van der Waals surface area (Å²) in [5.41, 5.74) is 3.36. The van der Waals surface area contributed by atoms with Crippen molar-refractivity contribution in [3.05, 3.63) is 60.0 Å². The quantitative estimate of drug-likeness (QED) is 0.457. The minimum atomic E-state index is -0.139. The predicted molar refractivity (Wildman–Crippen MR) is 147 cm³/mol. The fourth-order valence-corrected chi connectivity index (χ4v) is 4.70. The van der Waals surface area contributed by atoms with Crippen LogP contribution in [0.5, 0.6) is 5.75 Å². The number of ether oxygens (including phenoxy) is 1. The lowest BCUT2D eigenvalue weighted by atomic mass is 9.98. The molecule has 3 heterocycles. The SMILES string of the molecule is CNC(=O)c1ccc([C@H](C)CNc2cc(-c3ccc(N(C)C4CCN(C)CC4)nc3)ncn2)c(OC)c1. The maximum atomic E-state index is 12.0. The molecule has 2 aromatic heterocycles. The third-order valence-corrected chi connectivity index (χ3v) is 7.15. The molecule has 2 N–H and O–H groups in total. The Balaban J connectivity index is 1.40. The summed E-state index contributed by atoms with van der Waals surface area (Å²) in [7, 11) is 7.54. The van der Waals surface area contributed by atoms with Gasteiger partial charge in [-0.3, -0.25) is 4.79 Å². The zero-order valence-electron chi connectivity index (χ0n) is 22.4. The summed E-state index contributed by atoms with van der Waals surface area (Å²) in [5, 5.41) is 6.05. The Bertz CT molecular complexity index is 1190. The third-order valence-electron chi connectivity index (χ3n) is 7.15. The lowest BCUT2D eigenvalue weighted by molar-refractivity contribution is 0.0962. The van der Waals surface area contributed by atoms with Crippen molar-refractivity contribution in [1.29, 1.82) is 0 Å². The number of carbonyl (C=O) groups excluding carboxylic acids is 1. The number of pyridine rings is 1. The van der Waals surface area contributed by atoms with Gasteiger partial charge in [-0.15, -0.1) is 0 Å². The average molecular weight is 504 g/mol. The molecule has 9 nitrogen and oxygen atoms in total. The Labute approximate surface area is 219 Å². The van der Waals surface area contributed by atoms with Crippen LogP contribution in [0.3, 0.4) is 0 Å². The molecule has 3 aromatic rings. The second-order valence-electron chi connectivity index (χ2n) is 9.66. The van der Waals surface area contributed by atoms with E-state index < -0.39 is 0 Å². The van der Waals surface area contributed by atoms with Crippen LogP contribution >= 0.6 is 0 Å². The molecule has 1 amide bonds. The minimum Gasteiger partial charge on any atom is -0.496 e. The van der Waals surface area contributed by atoms with Crippen molar-refractivity contribution in [1.82, 2.24) is 25.2 Å². The summed E-state index contributed by atoms with van der Waals surface area (Å²) in [4.78, 5) is 30.2. The molecular formula is C28H37N7O2. The molecule has 1 aromatic carbocycles. The van der Waals surface area contributed by atoms with Crippen LogP contribution in [0.1, 0.15) is 41.6 Å². The van der Waals surface area contributed by atoms with Gasteiger partial charge in [-0.2, -0.15) is 0 Å². The van der Waals surface area contributed by atoms with E-state index in [1.165, 1.54) is 0 Å². The topological polar surface area (TPSA) is 95.5 Å². The number of nitrogens with one attached hydrogen (secondary N) is 2. The van der Waals surface area contributed by atoms with Gasteiger partial charge in [-0.25, -0.2) is 15.0 Å². The highest BCUT2D eigenvalue weighted by Crippen LogP contribution is 2.29. The Kier molecular flexibility index (Phi) is 8.55. The molecule has 0 unspecified atom stereocenters. The van der Waals surface area contributed by atoms with Crippen LogP contribution in [0.4, 0.5) is 11.6 Å². The number of likely N-dealkylation sites (tertiary alicyclic amines) is 1. The molecule has 1 fully saturated rings. The number of rotatable bonds is 9. The van der Waals surface area contributed by atoms with Gasteiger partial charge in [0, 0.05) is 56.0 Å². The standard InChI is InChI=1S/C28H37N7O2/c1-19(23-8-6-20(28(36)29-2)14-25(23)37-5)16-30-26-15-24(32-18-33-26)21-7-9-27(31-17-21)35(4)22-10-12-34(3)13-11-22/h6-9,14-15,17-19,22H,10-13,16H2,1-5H3,(H,29,36)(H,30,32,33)/t19-/m1/s1. The van der Waals surface area contributed by atoms with E-state index in [0.717, 1.165) is 54.4 Å². The average Bonchev–Trinajstić information content (AvgIpc) is 2.95. The van der Waals surface area contributed by atoms with Gasteiger partial charge < -0.3 is 25.2 Å². The van der Waals surface area contributed by atoms with Crippen molar-refractivity contribution in [3.63, 3.8) is 0 Å². The van der Waals surface area contributed by atoms with E-state index in [2.05, 4.69) is 63.6 Å². The van der Waals surface area contributed by atoms with E-state index in [1.54, 1.807) is 26.6 Å². The smallest absolute Gasteiger partial charge is 0.251 e. The Morgan fingerprint density at radius 3 is 2.62 bits per heavy atom. The molecule has 0 saturated carbocycles. The number of benzene rings is 1. The Hall–Kier alpha value is -3.72. The van der Waals surface area contributed by atoms with Gasteiger partial charge >= 0.3 is 0 Å². The van der Waals surface area contributed by atoms with Gasteiger partial charge in [0.15, 0.2) is 0 Å². The van der Waals surface area contributed by atoms with Crippen molar-refractivity contribution in [3.8, 4) is 17.0 Å². The first-order valence-electron chi connectivity index (χ1n) is 12.7. The Morgan fingerprint density at radius 2 is 1.95 bits per heavy atom. The molecule has 1 aliphatic heterocycles. The molecule has 0 aliphatic carbocycles. The lowest BCUT2D eigenvalue weighted by Crippen LogP contribution is -2.42. The molecular weight excluding hydrogens is 466 g/mol. The van der Waals surface area contributed by atoms with Crippen molar-refractivity contribution >= 4 is 17.5 Å². The van der Waals surface area contributed by atoms with Crippen LogP contribution < -0.4 is 20.3 Å². The highest BCUT2D eigenvalue weighted by Gasteiger charge is 2.21. The molecule has 4 rings (SSSR count). The first-order valence-corrected chi connectivity index (χ1v) is 12.7. The molecule has 37 heavy (non-hydrogen) atoms. The van der Waals surface area contributed by atoms with Crippen LogP contribution in [-0.4, -0.2) is 79.7 Å². The number of aromatic nitrogens is 3. The van der Waals surface area contributed by atoms with Gasteiger partial charge in [0.25, 0.3) is 5.91 Å². The second kappa shape index (κ2) is 12.0. The van der Waals surface area contributed by atoms with Crippen molar-refractivity contribution in [2.75, 3.05) is 58.1 Å². The van der Waals surface area contributed by atoms with Crippen molar-refractivity contribution < 1.29 is 9.53 Å². The number of carbonyl (C=O) groups is 1. The number of nitrogens with zero attached hydrogens (tertiary/aromatic N) is 5. The summed E-state index contributed by atoms with van der Waals surface area (Å²) in [6, 6.07) is 12.1. The first-order chi connectivity index (χ1) is 17.9. The van der Waals surface area contributed by atoms with E-state index in [0.29, 0.717) is 23.9 Å². The molecule has 9 heteroatoms. The molecule has 1 saturated heterocycles. The van der Waals surface area contributed by atoms with E-state index >= 15 is 0 Å². The Morgan fingerprint density at radius 1 is 1.16 bits per heavy atom. The normalized spacial score (nSPS) is 15.2. The number of hydrogen-bond acceptors (Lipinski definition) is 8. The zero-order valence-corrected chi connectivity index (χ0v) is 22.4. The van der Waals surface area contributed by atoms with Gasteiger partial charge in [-0.05, 0) is 62.8 Å². The maximum absolute atomic E-state index is 12.0. The van der Waals surface area contributed by atoms with Crippen molar-refractivity contribution in [2.45, 2.75) is 31.7 Å². The zero-order chi connectivity index (χ0) is 26.4. The van der Waals surface area contributed by atoms with E-state index in [1.807, 2.05) is 24.4 Å². The molecule has 0 radical (unpaired) electrons. The van der Waals surface area contributed by atoms with Gasteiger partial charge in [0.1, 0.15) is 23.7 Å². The van der Waals surface area contributed by atoms with Gasteiger partial charge in [0.05, 0.1) is 12.8 Å². The van der Waals surface area contributed by atoms with E-state index in [4.69, 9.17) is 9.72 Å². The van der Waals surface area contributed by atoms with Crippen LogP contribution in [-0.2, 0) is 0 Å². The summed E-state index contributed by atoms with van der Waals surface area (Å²) < 4.78 is 5.55. The van der Waals surface area contributed by atoms with Gasteiger partial charge in [-0.1, -0.05) is 13.0 Å².